The summed E-state index contributed by atoms with van der Waals surface area (Å²) >= 11 is 0. The minimum Gasteiger partial charge on any atom is -0.322 e. The number of piperidine rings is 1. The number of aromatic nitrogens is 3. The zero-order chi connectivity index (χ0) is 24.8. The van der Waals surface area contributed by atoms with Crippen LogP contribution < -0.4 is 5.32 Å². The van der Waals surface area contributed by atoms with E-state index < -0.39 is 10.8 Å². The van der Waals surface area contributed by atoms with Crippen molar-refractivity contribution >= 4 is 22.4 Å². The molecule has 8 heteroatoms. The zero-order valence-corrected chi connectivity index (χ0v) is 23.0. The minimum absolute atomic E-state index is 0.486. The third-order valence-electron chi connectivity index (χ3n) is 7.67. The Bertz CT molecular complexity index is 966. The van der Waals surface area contributed by atoms with Crippen LogP contribution in [0.2, 0.25) is 0 Å². The molecule has 1 atom stereocenters. The summed E-state index contributed by atoms with van der Waals surface area (Å²) in [6.07, 6.45) is 10.5. The van der Waals surface area contributed by atoms with Gasteiger partial charge in [0.1, 0.15) is 0 Å². The second-order valence-corrected chi connectivity index (χ2v) is 11.7. The van der Waals surface area contributed by atoms with Gasteiger partial charge in [-0.05, 0) is 120 Å². The lowest BCUT2D eigenvalue weighted by Gasteiger charge is -2.31. The van der Waals surface area contributed by atoms with Gasteiger partial charge in [-0.1, -0.05) is 19.9 Å². The van der Waals surface area contributed by atoms with Crippen molar-refractivity contribution in [3.8, 4) is 0 Å². The van der Waals surface area contributed by atoms with E-state index >= 15 is 0 Å². The van der Waals surface area contributed by atoms with Gasteiger partial charge in [0, 0.05) is 18.0 Å². The SMILES string of the molecule is CC.CN1CCC(CN(C)CCCS(=O)c2nc(Nc3c4c(cc5c3CCC5)CCC4)n[nH]2)CC1. The Balaban J connectivity index is 0.00000141. The maximum Gasteiger partial charge on any atom is 0.247 e. The second-order valence-electron chi connectivity index (χ2n) is 10.2. The maximum absolute atomic E-state index is 12.8. The fourth-order valence-corrected chi connectivity index (χ4v) is 6.74. The topological polar surface area (TPSA) is 77.2 Å². The normalized spacial score (nSPS) is 18.8. The molecule has 1 aliphatic heterocycles. The van der Waals surface area contributed by atoms with E-state index in [1.807, 2.05) is 13.8 Å². The number of anilines is 2. The summed E-state index contributed by atoms with van der Waals surface area (Å²) in [6, 6.07) is 2.43. The van der Waals surface area contributed by atoms with E-state index in [0.29, 0.717) is 16.9 Å². The molecule has 0 saturated carbocycles. The molecule has 1 aromatic heterocycles. The molecule has 1 aromatic carbocycles. The smallest absolute Gasteiger partial charge is 0.247 e. The fourth-order valence-electron chi connectivity index (χ4n) is 5.82. The van der Waals surface area contributed by atoms with Crippen LogP contribution >= 0.6 is 0 Å². The average Bonchev–Trinajstić information content (AvgIpc) is 3.62. The number of likely N-dealkylation sites (tertiary alicyclic amines) is 1. The molecule has 35 heavy (non-hydrogen) atoms. The maximum atomic E-state index is 12.8. The Morgan fingerprint density at radius 3 is 2.43 bits per heavy atom. The lowest BCUT2D eigenvalue weighted by atomic mass is 9.97. The molecule has 2 aliphatic carbocycles. The quantitative estimate of drug-likeness (QED) is 0.534. The highest BCUT2D eigenvalue weighted by Crippen LogP contribution is 2.39. The number of nitrogens with one attached hydrogen (secondary N) is 2. The molecule has 2 N–H and O–H groups in total. The van der Waals surface area contributed by atoms with Crippen LogP contribution in [-0.2, 0) is 36.5 Å². The lowest BCUT2D eigenvalue weighted by Crippen LogP contribution is -2.36. The van der Waals surface area contributed by atoms with Gasteiger partial charge in [0.2, 0.25) is 11.1 Å². The van der Waals surface area contributed by atoms with Crippen molar-refractivity contribution in [1.82, 2.24) is 25.0 Å². The van der Waals surface area contributed by atoms with E-state index in [9.17, 15) is 4.21 Å². The monoisotopic (exact) mass is 500 g/mol. The molecule has 2 heterocycles. The number of rotatable bonds is 9. The van der Waals surface area contributed by atoms with E-state index in [2.05, 4.69) is 50.5 Å². The van der Waals surface area contributed by atoms with Crippen molar-refractivity contribution in [2.75, 3.05) is 51.3 Å². The minimum atomic E-state index is -1.15. The van der Waals surface area contributed by atoms with Crippen molar-refractivity contribution in [2.24, 2.45) is 5.92 Å². The Morgan fingerprint density at radius 2 is 1.77 bits per heavy atom. The van der Waals surface area contributed by atoms with Gasteiger partial charge in [-0.3, -0.25) is 9.31 Å². The molecule has 1 fully saturated rings. The number of nitrogens with zero attached hydrogens (tertiary/aromatic N) is 4. The predicted molar refractivity (Wildman–Crippen MR) is 145 cm³/mol. The number of hydrogen-bond acceptors (Lipinski definition) is 6. The highest BCUT2D eigenvalue weighted by Gasteiger charge is 2.25. The summed E-state index contributed by atoms with van der Waals surface area (Å²) in [6.45, 7) is 8.53. The van der Waals surface area contributed by atoms with Gasteiger partial charge in [0.05, 0.1) is 10.8 Å². The van der Waals surface area contributed by atoms with Crippen LogP contribution in [0.3, 0.4) is 0 Å². The zero-order valence-electron chi connectivity index (χ0n) is 22.2. The number of benzene rings is 1. The molecule has 0 bridgehead atoms. The van der Waals surface area contributed by atoms with E-state index in [1.165, 1.54) is 79.6 Å². The second kappa shape index (κ2) is 12.5. The van der Waals surface area contributed by atoms with Crippen LogP contribution in [0.15, 0.2) is 11.2 Å². The van der Waals surface area contributed by atoms with E-state index in [1.54, 1.807) is 0 Å². The predicted octanol–water partition coefficient (Wildman–Crippen LogP) is 4.32. The number of aromatic amines is 1. The van der Waals surface area contributed by atoms with Crippen LogP contribution in [0.4, 0.5) is 11.6 Å². The first-order valence-electron chi connectivity index (χ1n) is 13.7. The summed E-state index contributed by atoms with van der Waals surface area (Å²) in [5.41, 5.74) is 7.08. The largest absolute Gasteiger partial charge is 0.322 e. The van der Waals surface area contributed by atoms with E-state index in [0.717, 1.165) is 38.3 Å². The van der Waals surface area contributed by atoms with Crippen LogP contribution in [0.25, 0.3) is 0 Å². The van der Waals surface area contributed by atoms with Gasteiger partial charge in [-0.2, -0.15) is 4.98 Å². The van der Waals surface area contributed by atoms with Gasteiger partial charge < -0.3 is 15.1 Å². The summed E-state index contributed by atoms with van der Waals surface area (Å²) in [5.74, 6) is 1.95. The number of fused-ring (bicyclic) bond motifs is 2. The summed E-state index contributed by atoms with van der Waals surface area (Å²) < 4.78 is 12.8. The van der Waals surface area contributed by atoms with Crippen LogP contribution in [0.1, 0.15) is 68.2 Å². The summed E-state index contributed by atoms with van der Waals surface area (Å²) in [4.78, 5) is 9.37. The molecule has 2 aromatic rings. The Labute approximate surface area is 213 Å². The molecule has 0 spiro atoms. The van der Waals surface area contributed by atoms with Gasteiger partial charge in [0.25, 0.3) is 0 Å². The van der Waals surface area contributed by atoms with Crippen molar-refractivity contribution in [1.29, 1.82) is 0 Å². The van der Waals surface area contributed by atoms with Crippen molar-refractivity contribution in [2.45, 2.75) is 76.8 Å². The van der Waals surface area contributed by atoms with Crippen molar-refractivity contribution in [3.05, 3.63) is 28.3 Å². The first-order valence-corrected chi connectivity index (χ1v) is 15.0. The third kappa shape index (κ3) is 6.52. The molecular formula is C27H44N6OS. The van der Waals surface area contributed by atoms with Crippen molar-refractivity contribution < 1.29 is 4.21 Å². The average molecular weight is 501 g/mol. The van der Waals surface area contributed by atoms with Crippen LogP contribution in [0, 0.1) is 5.92 Å². The Morgan fingerprint density at radius 1 is 1.11 bits per heavy atom. The molecule has 5 rings (SSSR count). The lowest BCUT2D eigenvalue weighted by molar-refractivity contribution is 0.176. The highest BCUT2D eigenvalue weighted by atomic mass is 32.2. The highest BCUT2D eigenvalue weighted by molar-refractivity contribution is 7.84. The van der Waals surface area contributed by atoms with Gasteiger partial charge >= 0.3 is 0 Å². The first-order chi connectivity index (χ1) is 17.1. The molecule has 0 radical (unpaired) electrons. The standard InChI is InChI=1S/C25H38N6OS.C2H6/c1-30-13-10-18(11-14-30)17-31(2)12-5-15-33(32)25-27-24(28-29-25)26-23-21-8-3-6-19(21)16-20-7-4-9-22(20)23;1-2/h16,18H,3-15,17H2,1-2H3,(H2,26,27,28,29);1-2H3. The van der Waals surface area contributed by atoms with Crippen molar-refractivity contribution in [3.63, 3.8) is 0 Å². The third-order valence-corrected chi connectivity index (χ3v) is 8.94. The van der Waals surface area contributed by atoms with E-state index in [4.69, 9.17) is 0 Å². The van der Waals surface area contributed by atoms with Gasteiger partial charge in [-0.15, -0.1) is 5.10 Å². The molecular weight excluding hydrogens is 456 g/mol. The van der Waals surface area contributed by atoms with Crippen LogP contribution in [0.5, 0.6) is 0 Å². The van der Waals surface area contributed by atoms with Crippen LogP contribution in [-0.4, -0.2) is 75.2 Å². The molecule has 194 valence electrons. The number of H-pyrrole nitrogens is 1. The molecule has 1 saturated heterocycles. The summed E-state index contributed by atoms with van der Waals surface area (Å²) in [7, 11) is 3.25. The number of aryl methyl sites for hydroxylation is 2. The molecule has 3 aliphatic rings. The van der Waals surface area contributed by atoms with Gasteiger partial charge in [-0.25, -0.2) is 0 Å². The molecule has 1 unspecified atom stereocenters. The van der Waals surface area contributed by atoms with E-state index in [-0.39, 0.29) is 0 Å². The Kier molecular flexibility index (Phi) is 9.36. The van der Waals surface area contributed by atoms with Gasteiger partial charge in [0.15, 0.2) is 0 Å². The Hall–Kier alpha value is -1.77. The number of hydrogen-bond donors (Lipinski definition) is 2. The summed E-state index contributed by atoms with van der Waals surface area (Å²) in [5, 5.41) is 11.3. The molecule has 7 nitrogen and oxygen atoms in total. The molecule has 0 amide bonds. The fraction of sp³-hybridized carbons (Fsp3) is 0.704. The first kappa shape index (κ1) is 26.3.